The summed E-state index contributed by atoms with van der Waals surface area (Å²) < 4.78 is 19.4. The molecule has 5 nitrogen and oxygen atoms in total. The van der Waals surface area contributed by atoms with Crippen molar-refractivity contribution in [3.05, 3.63) is 42.2 Å². The Morgan fingerprint density at radius 1 is 1.35 bits per heavy atom. The summed E-state index contributed by atoms with van der Waals surface area (Å²) in [7, 11) is 0. The van der Waals surface area contributed by atoms with Crippen LogP contribution in [0.4, 0.5) is 4.39 Å². The van der Waals surface area contributed by atoms with E-state index in [9.17, 15) is 9.18 Å². The first-order valence-electron chi connectivity index (χ1n) is 9.35. The van der Waals surface area contributed by atoms with Crippen LogP contribution in [-0.4, -0.2) is 42.0 Å². The maximum atomic E-state index is 13.8. The van der Waals surface area contributed by atoms with Gasteiger partial charge in [0.1, 0.15) is 5.82 Å². The van der Waals surface area contributed by atoms with Crippen LogP contribution in [-0.2, 0) is 11.2 Å². The molecule has 3 rings (SSSR count). The minimum atomic E-state index is -0.341. The standard InChI is InChI=1S/C20H26FN3O2/c1-2-22-13-15-9-11-24(12-10-15)20(25)8-7-19-23-14-18(26-19)16-5-3-4-6-17(16)21/h3-6,14-15,22H,2,7-13H2,1H3. The number of carbonyl (C=O) groups is 1. The van der Waals surface area contributed by atoms with E-state index < -0.39 is 0 Å². The fourth-order valence-corrected chi connectivity index (χ4v) is 3.32. The lowest BCUT2D eigenvalue weighted by molar-refractivity contribution is -0.132. The van der Waals surface area contributed by atoms with Crippen molar-refractivity contribution < 1.29 is 13.6 Å². The van der Waals surface area contributed by atoms with Crippen molar-refractivity contribution in [1.29, 1.82) is 0 Å². The van der Waals surface area contributed by atoms with Crippen LogP contribution in [0.2, 0.25) is 0 Å². The van der Waals surface area contributed by atoms with Gasteiger partial charge in [-0.2, -0.15) is 0 Å². The third-order valence-corrected chi connectivity index (χ3v) is 4.90. The van der Waals surface area contributed by atoms with E-state index in [1.807, 2.05) is 4.90 Å². The minimum Gasteiger partial charge on any atom is -0.441 e. The van der Waals surface area contributed by atoms with Crippen molar-refractivity contribution in [3.8, 4) is 11.3 Å². The number of nitrogens with zero attached hydrogens (tertiary/aromatic N) is 2. The Morgan fingerprint density at radius 2 is 2.12 bits per heavy atom. The number of benzene rings is 1. The van der Waals surface area contributed by atoms with E-state index in [-0.39, 0.29) is 11.7 Å². The summed E-state index contributed by atoms with van der Waals surface area (Å²) in [5, 5.41) is 3.38. The van der Waals surface area contributed by atoms with Gasteiger partial charge in [-0.3, -0.25) is 4.79 Å². The average Bonchev–Trinajstić information content (AvgIpc) is 3.14. The topological polar surface area (TPSA) is 58.4 Å². The highest BCUT2D eigenvalue weighted by atomic mass is 19.1. The van der Waals surface area contributed by atoms with E-state index in [0.29, 0.717) is 36.0 Å². The van der Waals surface area contributed by atoms with Gasteiger partial charge in [-0.1, -0.05) is 19.1 Å². The number of amides is 1. The first-order valence-corrected chi connectivity index (χ1v) is 9.35. The van der Waals surface area contributed by atoms with Crippen molar-refractivity contribution in [1.82, 2.24) is 15.2 Å². The highest BCUT2D eigenvalue weighted by molar-refractivity contribution is 5.76. The molecule has 6 heteroatoms. The molecule has 1 N–H and O–H groups in total. The number of aromatic nitrogens is 1. The number of aryl methyl sites for hydroxylation is 1. The molecule has 0 unspecified atom stereocenters. The predicted molar refractivity (Wildman–Crippen MR) is 98.1 cm³/mol. The van der Waals surface area contributed by atoms with Gasteiger partial charge in [0.25, 0.3) is 0 Å². The molecule has 2 heterocycles. The molecule has 1 aromatic carbocycles. The lowest BCUT2D eigenvalue weighted by atomic mass is 9.96. The smallest absolute Gasteiger partial charge is 0.223 e. The van der Waals surface area contributed by atoms with Gasteiger partial charge in [-0.25, -0.2) is 9.37 Å². The largest absolute Gasteiger partial charge is 0.441 e. The zero-order valence-corrected chi connectivity index (χ0v) is 15.2. The van der Waals surface area contributed by atoms with E-state index in [1.165, 1.54) is 12.3 Å². The Balaban J connectivity index is 1.48. The second-order valence-electron chi connectivity index (χ2n) is 6.73. The number of nitrogens with one attached hydrogen (secondary N) is 1. The first-order chi connectivity index (χ1) is 12.7. The van der Waals surface area contributed by atoms with E-state index in [0.717, 1.165) is 39.0 Å². The number of rotatable bonds is 7. The molecule has 1 amide bonds. The van der Waals surface area contributed by atoms with Gasteiger partial charge >= 0.3 is 0 Å². The molecule has 1 aliphatic rings. The summed E-state index contributed by atoms with van der Waals surface area (Å²) in [6, 6.07) is 6.43. The molecule has 1 saturated heterocycles. The van der Waals surface area contributed by atoms with E-state index >= 15 is 0 Å². The molecule has 0 bridgehead atoms. The number of hydrogen-bond acceptors (Lipinski definition) is 4. The number of hydrogen-bond donors (Lipinski definition) is 1. The average molecular weight is 359 g/mol. The Labute approximate surface area is 153 Å². The second kappa shape index (κ2) is 8.94. The summed E-state index contributed by atoms with van der Waals surface area (Å²) >= 11 is 0. The lowest BCUT2D eigenvalue weighted by Gasteiger charge is -2.32. The molecule has 0 atom stereocenters. The molecule has 2 aromatic rings. The Bertz CT molecular complexity index is 723. The van der Waals surface area contributed by atoms with Gasteiger partial charge < -0.3 is 14.6 Å². The van der Waals surface area contributed by atoms with Crippen molar-refractivity contribution in [2.24, 2.45) is 5.92 Å². The number of oxazole rings is 1. The van der Waals surface area contributed by atoms with E-state index in [1.54, 1.807) is 18.2 Å². The molecule has 0 spiro atoms. The zero-order chi connectivity index (χ0) is 18.4. The minimum absolute atomic E-state index is 0.137. The van der Waals surface area contributed by atoms with Crippen LogP contribution in [0.3, 0.4) is 0 Å². The predicted octanol–water partition coefficient (Wildman–Crippen LogP) is 3.26. The fraction of sp³-hybridized carbons (Fsp3) is 0.500. The second-order valence-corrected chi connectivity index (χ2v) is 6.73. The van der Waals surface area contributed by atoms with Crippen LogP contribution in [0, 0.1) is 11.7 Å². The molecular weight excluding hydrogens is 333 g/mol. The zero-order valence-electron chi connectivity index (χ0n) is 15.2. The fourth-order valence-electron chi connectivity index (χ4n) is 3.32. The molecule has 0 aliphatic carbocycles. The van der Waals surface area contributed by atoms with Crippen molar-refractivity contribution >= 4 is 5.91 Å². The van der Waals surface area contributed by atoms with Crippen LogP contribution in [0.25, 0.3) is 11.3 Å². The van der Waals surface area contributed by atoms with Crippen LogP contribution in [0.5, 0.6) is 0 Å². The van der Waals surface area contributed by atoms with Crippen LogP contribution < -0.4 is 5.32 Å². The Kier molecular flexibility index (Phi) is 6.39. The molecule has 26 heavy (non-hydrogen) atoms. The molecule has 1 aromatic heterocycles. The van der Waals surface area contributed by atoms with E-state index in [4.69, 9.17) is 4.42 Å². The van der Waals surface area contributed by atoms with Gasteiger partial charge in [0, 0.05) is 25.9 Å². The number of carbonyl (C=O) groups excluding carboxylic acids is 1. The lowest BCUT2D eigenvalue weighted by Crippen LogP contribution is -2.40. The summed E-state index contributed by atoms with van der Waals surface area (Å²) in [4.78, 5) is 18.5. The van der Waals surface area contributed by atoms with Gasteiger partial charge in [0.15, 0.2) is 11.7 Å². The van der Waals surface area contributed by atoms with Gasteiger partial charge in [0.2, 0.25) is 5.91 Å². The number of piperidine rings is 1. The number of halogens is 1. The van der Waals surface area contributed by atoms with Gasteiger partial charge in [0.05, 0.1) is 11.8 Å². The first kappa shape index (κ1) is 18.6. The Morgan fingerprint density at radius 3 is 2.85 bits per heavy atom. The van der Waals surface area contributed by atoms with Gasteiger partial charge in [-0.15, -0.1) is 0 Å². The van der Waals surface area contributed by atoms with Crippen LogP contribution in [0.1, 0.15) is 32.1 Å². The normalized spacial score (nSPS) is 15.4. The molecular formula is C20H26FN3O2. The highest BCUT2D eigenvalue weighted by Gasteiger charge is 2.22. The molecule has 140 valence electrons. The molecule has 1 aliphatic heterocycles. The summed E-state index contributed by atoms with van der Waals surface area (Å²) in [5.74, 6) is 1.33. The summed E-state index contributed by atoms with van der Waals surface area (Å²) in [6.07, 6.45) is 4.43. The third kappa shape index (κ3) is 4.69. The third-order valence-electron chi connectivity index (χ3n) is 4.90. The number of likely N-dealkylation sites (tertiary alicyclic amines) is 1. The van der Waals surface area contributed by atoms with Gasteiger partial charge in [-0.05, 0) is 44.0 Å². The van der Waals surface area contributed by atoms with Crippen molar-refractivity contribution in [2.75, 3.05) is 26.2 Å². The van der Waals surface area contributed by atoms with Crippen LogP contribution in [0.15, 0.2) is 34.9 Å². The van der Waals surface area contributed by atoms with Crippen molar-refractivity contribution in [2.45, 2.75) is 32.6 Å². The molecule has 1 fully saturated rings. The molecule has 0 saturated carbocycles. The Hall–Kier alpha value is -2.21. The summed E-state index contributed by atoms with van der Waals surface area (Å²) in [6.45, 7) is 5.78. The molecule has 0 radical (unpaired) electrons. The SMILES string of the molecule is CCNCC1CCN(C(=O)CCc2ncc(-c3ccccc3F)o2)CC1. The summed E-state index contributed by atoms with van der Waals surface area (Å²) in [5.41, 5.74) is 0.389. The monoisotopic (exact) mass is 359 g/mol. The van der Waals surface area contributed by atoms with Crippen molar-refractivity contribution in [3.63, 3.8) is 0 Å². The maximum absolute atomic E-state index is 13.8. The highest BCUT2D eigenvalue weighted by Crippen LogP contribution is 2.24. The van der Waals surface area contributed by atoms with Crippen LogP contribution >= 0.6 is 0 Å². The van der Waals surface area contributed by atoms with E-state index in [2.05, 4.69) is 17.2 Å². The maximum Gasteiger partial charge on any atom is 0.223 e. The quantitative estimate of drug-likeness (QED) is 0.824.